The van der Waals surface area contributed by atoms with Crippen LogP contribution in [0.15, 0.2) is 59.3 Å². The highest BCUT2D eigenvalue weighted by molar-refractivity contribution is 7.08. The third kappa shape index (κ3) is 5.00. The Morgan fingerprint density at radius 2 is 1.97 bits per heavy atom. The van der Waals surface area contributed by atoms with E-state index in [1.165, 1.54) is 16.7 Å². The van der Waals surface area contributed by atoms with E-state index < -0.39 is 0 Å². The summed E-state index contributed by atoms with van der Waals surface area (Å²) in [5.74, 6) is 1.22. The Bertz CT molecular complexity index is 1020. The van der Waals surface area contributed by atoms with E-state index in [-0.39, 0.29) is 12.1 Å². The predicted octanol–water partition coefficient (Wildman–Crippen LogP) is 4.69. The Labute approximate surface area is 186 Å². The SMILES string of the molecule is COc1ccc(NC(=O)NCC(c2ccsc2)N2CCc3ccccc3C2)c(OC)c1. The van der Waals surface area contributed by atoms with Crippen molar-refractivity contribution in [2.45, 2.75) is 19.0 Å². The second kappa shape index (κ2) is 9.85. The van der Waals surface area contributed by atoms with E-state index in [2.05, 4.69) is 56.6 Å². The van der Waals surface area contributed by atoms with Crippen molar-refractivity contribution < 1.29 is 14.3 Å². The van der Waals surface area contributed by atoms with E-state index in [0.717, 1.165) is 19.5 Å². The van der Waals surface area contributed by atoms with Gasteiger partial charge in [0.05, 0.1) is 25.9 Å². The smallest absolute Gasteiger partial charge is 0.319 e. The van der Waals surface area contributed by atoms with Crippen LogP contribution in [0.4, 0.5) is 10.5 Å². The molecule has 0 fully saturated rings. The fourth-order valence-corrected chi connectivity index (χ4v) is 4.67. The van der Waals surface area contributed by atoms with Gasteiger partial charge in [0.1, 0.15) is 11.5 Å². The molecule has 2 heterocycles. The lowest BCUT2D eigenvalue weighted by Crippen LogP contribution is -2.41. The Kier molecular flexibility index (Phi) is 6.74. The zero-order valence-electron chi connectivity index (χ0n) is 17.8. The largest absolute Gasteiger partial charge is 0.497 e. The van der Waals surface area contributed by atoms with Crippen LogP contribution in [0.25, 0.3) is 0 Å². The summed E-state index contributed by atoms with van der Waals surface area (Å²) in [5, 5.41) is 10.2. The number of carbonyl (C=O) groups excluding carboxylic acids is 1. The molecule has 0 radical (unpaired) electrons. The molecule has 1 atom stereocenters. The number of anilines is 1. The highest BCUT2D eigenvalue weighted by atomic mass is 32.1. The number of thiophene rings is 1. The summed E-state index contributed by atoms with van der Waals surface area (Å²) in [7, 11) is 3.16. The maximum atomic E-state index is 12.7. The van der Waals surface area contributed by atoms with Crippen LogP contribution < -0.4 is 20.1 Å². The lowest BCUT2D eigenvalue weighted by molar-refractivity contribution is 0.176. The lowest BCUT2D eigenvalue weighted by Gasteiger charge is -2.35. The standard InChI is InChI=1S/C24H27N3O3S/c1-29-20-7-8-21(23(13-20)30-2)26-24(28)25-14-22(19-10-12-31-16-19)27-11-9-17-5-3-4-6-18(17)15-27/h3-8,10,12-13,16,22H,9,11,14-15H2,1-2H3,(H2,25,26,28). The molecule has 1 aromatic heterocycles. The van der Waals surface area contributed by atoms with Crippen LogP contribution in [-0.2, 0) is 13.0 Å². The van der Waals surface area contributed by atoms with E-state index in [4.69, 9.17) is 9.47 Å². The molecule has 0 aliphatic carbocycles. The normalized spacial score (nSPS) is 14.4. The number of carbonyl (C=O) groups is 1. The first-order valence-corrected chi connectivity index (χ1v) is 11.2. The Morgan fingerprint density at radius 3 is 2.71 bits per heavy atom. The van der Waals surface area contributed by atoms with E-state index in [1.54, 1.807) is 43.8 Å². The van der Waals surface area contributed by atoms with E-state index >= 15 is 0 Å². The van der Waals surface area contributed by atoms with Gasteiger partial charge in [-0.3, -0.25) is 4.90 Å². The number of methoxy groups -OCH3 is 2. The van der Waals surface area contributed by atoms with Gasteiger partial charge in [0.2, 0.25) is 0 Å². The highest BCUT2D eigenvalue weighted by Crippen LogP contribution is 2.30. The molecule has 4 rings (SSSR count). The molecule has 0 bridgehead atoms. The number of ether oxygens (including phenoxy) is 2. The van der Waals surface area contributed by atoms with Gasteiger partial charge in [0.15, 0.2) is 0 Å². The van der Waals surface area contributed by atoms with Gasteiger partial charge in [-0.15, -0.1) is 0 Å². The van der Waals surface area contributed by atoms with Gasteiger partial charge in [-0.1, -0.05) is 24.3 Å². The molecular formula is C24H27N3O3S. The van der Waals surface area contributed by atoms with E-state index in [0.29, 0.717) is 23.7 Å². The molecule has 6 nitrogen and oxygen atoms in total. The van der Waals surface area contributed by atoms with Crippen molar-refractivity contribution in [3.63, 3.8) is 0 Å². The van der Waals surface area contributed by atoms with Gasteiger partial charge in [0.25, 0.3) is 0 Å². The third-order valence-corrected chi connectivity index (χ3v) is 6.34. The highest BCUT2D eigenvalue weighted by Gasteiger charge is 2.25. The average molecular weight is 438 g/mol. The molecule has 162 valence electrons. The van der Waals surface area contributed by atoms with Crippen LogP contribution in [0.2, 0.25) is 0 Å². The van der Waals surface area contributed by atoms with Crippen molar-refractivity contribution in [2.75, 3.05) is 32.6 Å². The molecule has 3 aromatic rings. The Morgan fingerprint density at radius 1 is 1.13 bits per heavy atom. The first-order valence-electron chi connectivity index (χ1n) is 10.3. The molecule has 0 saturated carbocycles. The summed E-state index contributed by atoms with van der Waals surface area (Å²) < 4.78 is 10.6. The summed E-state index contributed by atoms with van der Waals surface area (Å²) in [6, 6.07) is 15.9. The van der Waals surface area contributed by atoms with Crippen LogP contribution in [0, 0.1) is 0 Å². The van der Waals surface area contributed by atoms with Crippen molar-refractivity contribution in [1.29, 1.82) is 0 Å². The quantitative estimate of drug-likeness (QED) is 0.563. The number of urea groups is 1. The number of amides is 2. The summed E-state index contributed by atoms with van der Waals surface area (Å²) in [6.07, 6.45) is 1.02. The molecule has 1 aliphatic rings. The van der Waals surface area contributed by atoms with Gasteiger partial charge in [0, 0.05) is 25.7 Å². The van der Waals surface area contributed by atoms with Crippen molar-refractivity contribution in [2.24, 2.45) is 0 Å². The summed E-state index contributed by atoms with van der Waals surface area (Å²) in [4.78, 5) is 15.1. The lowest BCUT2D eigenvalue weighted by atomic mass is 9.97. The molecule has 2 amide bonds. The minimum atomic E-state index is -0.263. The van der Waals surface area contributed by atoms with Crippen molar-refractivity contribution in [3.8, 4) is 11.5 Å². The zero-order valence-corrected chi connectivity index (χ0v) is 18.6. The molecule has 1 aliphatic heterocycles. The zero-order chi connectivity index (χ0) is 21.6. The number of rotatable bonds is 7. The molecule has 31 heavy (non-hydrogen) atoms. The fourth-order valence-electron chi connectivity index (χ4n) is 3.96. The summed E-state index contributed by atoms with van der Waals surface area (Å²) >= 11 is 1.68. The van der Waals surface area contributed by atoms with Gasteiger partial charge in [-0.05, 0) is 52.1 Å². The number of nitrogens with one attached hydrogen (secondary N) is 2. The Balaban J connectivity index is 1.44. The third-order valence-electron chi connectivity index (χ3n) is 5.64. The summed E-state index contributed by atoms with van der Waals surface area (Å²) in [6.45, 7) is 2.36. The molecule has 7 heteroatoms. The van der Waals surface area contributed by atoms with Gasteiger partial charge in [-0.25, -0.2) is 4.79 Å². The molecule has 1 unspecified atom stereocenters. The number of hydrogen-bond acceptors (Lipinski definition) is 5. The van der Waals surface area contributed by atoms with Crippen LogP contribution in [0.5, 0.6) is 11.5 Å². The van der Waals surface area contributed by atoms with Crippen LogP contribution >= 0.6 is 11.3 Å². The number of hydrogen-bond donors (Lipinski definition) is 2. The minimum absolute atomic E-state index is 0.114. The van der Waals surface area contributed by atoms with E-state index in [9.17, 15) is 4.79 Å². The molecule has 2 aromatic carbocycles. The van der Waals surface area contributed by atoms with E-state index in [1.807, 2.05) is 0 Å². The number of nitrogens with zero attached hydrogens (tertiary/aromatic N) is 1. The van der Waals surface area contributed by atoms with Crippen molar-refractivity contribution in [3.05, 3.63) is 76.0 Å². The van der Waals surface area contributed by atoms with Gasteiger partial charge >= 0.3 is 6.03 Å². The predicted molar refractivity (Wildman–Crippen MR) is 124 cm³/mol. The number of fused-ring (bicyclic) bond motifs is 1. The first kappa shape index (κ1) is 21.2. The summed E-state index contributed by atoms with van der Waals surface area (Å²) in [5.41, 5.74) is 4.60. The minimum Gasteiger partial charge on any atom is -0.497 e. The monoisotopic (exact) mass is 437 g/mol. The fraction of sp³-hybridized carbons (Fsp3) is 0.292. The topological polar surface area (TPSA) is 62.8 Å². The maximum Gasteiger partial charge on any atom is 0.319 e. The van der Waals surface area contributed by atoms with Gasteiger partial charge < -0.3 is 20.1 Å². The van der Waals surface area contributed by atoms with Crippen molar-refractivity contribution >= 4 is 23.1 Å². The van der Waals surface area contributed by atoms with Crippen molar-refractivity contribution in [1.82, 2.24) is 10.2 Å². The second-order valence-electron chi connectivity index (χ2n) is 7.46. The average Bonchev–Trinajstić information content (AvgIpc) is 3.34. The first-order chi connectivity index (χ1) is 15.2. The molecule has 0 saturated heterocycles. The molecule has 2 N–H and O–H groups in total. The Hall–Kier alpha value is -3.03. The molecule has 0 spiro atoms. The molecular weight excluding hydrogens is 410 g/mol. The number of benzene rings is 2. The van der Waals surface area contributed by atoms with Crippen LogP contribution in [-0.4, -0.2) is 38.2 Å². The second-order valence-corrected chi connectivity index (χ2v) is 8.24. The van der Waals surface area contributed by atoms with Crippen LogP contribution in [0.3, 0.4) is 0 Å². The van der Waals surface area contributed by atoms with Gasteiger partial charge in [-0.2, -0.15) is 11.3 Å². The maximum absolute atomic E-state index is 12.7. The van der Waals surface area contributed by atoms with Crippen LogP contribution in [0.1, 0.15) is 22.7 Å².